The van der Waals surface area contributed by atoms with Crippen LogP contribution in [0.5, 0.6) is 0 Å². The third-order valence-electron chi connectivity index (χ3n) is 4.04. The Morgan fingerprint density at radius 2 is 1.95 bits per heavy atom. The Morgan fingerprint density at radius 3 is 2.58 bits per heavy atom. The van der Waals surface area contributed by atoms with Crippen molar-refractivity contribution in [2.45, 2.75) is 31.7 Å². The van der Waals surface area contributed by atoms with Crippen LogP contribution in [0.2, 0.25) is 5.02 Å². The van der Waals surface area contributed by atoms with E-state index < -0.39 is 0 Å². The molecular weight excluding hydrogens is 254 g/mol. The van der Waals surface area contributed by atoms with Crippen LogP contribution in [0.3, 0.4) is 0 Å². The number of hydrogen-bond donors (Lipinski definition) is 1. The van der Waals surface area contributed by atoms with Crippen LogP contribution in [-0.2, 0) is 6.54 Å². The summed E-state index contributed by atoms with van der Waals surface area (Å²) < 4.78 is 0. The Bertz CT molecular complexity index is 588. The van der Waals surface area contributed by atoms with Crippen molar-refractivity contribution >= 4 is 11.6 Å². The summed E-state index contributed by atoms with van der Waals surface area (Å²) in [5, 5.41) is 0.786. The van der Waals surface area contributed by atoms with Gasteiger partial charge in [-0.3, -0.25) is 0 Å². The molecule has 0 radical (unpaired) electrons. The van der Waals surface area contributed by atoms with Gasteiger partial charge in [-0.1, -0.05) is 54.4 Å². The van der Waals surface area contributed by atoms with Crippen LogP contribution >= 0.6 is 11.6 Å². The zero-order valence-electron chi connectivity index (χ0n) is 10.9. The van der Waals surface area contributed by atoms with Gasteiger partial charge in [0, 0.05) is 17.1 Å². The van der Waals surface area contributed by atoms with E-state index in [4.69, 9.17) is 17.3 Å². The Kier molecular flexibility index (Phi) is 3.58. The van der Waals surface area contributed by atoms with Gasteiger partial charge in [0.2, 0.25) is 0 Å². The fourth-order valence-electron chi connectivity index (χ4n) is 2.62. The van der Waals surface area contributed by atoms with Crippen molar-refractivity contribution in [1.29, 1.82) is 0 Å². The Labute approximate surface area is 119 Å². The molecule has 0 atom stereocenters. The van der Waals surface area contributed by atoms with E-state index in [9.17, 15) is 0 Å². The zero-order chi connectivity index (χ0) is 13.2. The molecule has 3 rings (SSSR count). The number of nitrogens with two attached hydrogens (primary N) is 1. The second kappa shape index (κ2) is 5.36. The molecule has 0 unspecified atom stereocenters. The minimum atomic E-state index is 0.530. The van der Waals surface area contributed by atoms with E-state index in [1.54, 1.807) is 0 Å². The van der Waals surface area contributed by atoms with Gasteiger partial charge in [-0.05, 0) is 41.5 Å². The third kappa shape index (κ3) is 2.54. The van der Waals surface area contributed by atoms with Crippen molar-refractivity contribution in [1.82, 2.24) is 0 Å². The smallest absolute Gasteiger partial charge is 0.0487 e. The summed E-state index contributed by atoms with van der Waals surface area (Å²) in [5.74, 6) is 0.752. The molecule has 1 aliphatic carbocycles. The van der Waals surface area contributed by atoms with Gasteiger partial charge in [0.05, 0.1) is 0 Å². The van der Waals surface area contributed by atoms with Gasteiger partial charge in [-0.15, -0.1) is 0 Å². The fourth-order valence-corrected chi connectivity index (χ4v) is 2.93. The molecule has 0 aliphatic heterocycles. The first kappa shape index (κ1) is 12.7. The average molecular weight is 272 g/mol. The summed E-state index contributed by atoms with van der Waals surface area (Å²) >= 11 is 6.37. The fraction of sp³-hybridized carbons (Fsp3) is 0.294. The molecule has 0 amide bonds. The molecule has 2 aromatic rings. The lowest BCUT2D eigenvalue weighted by Crippen LogP contribution is -2.08. The van der Waals surface area contributed by atoms with E-state index >= 15 is 0 Å². The van der Waals surface area contributed by atoms with Gasteiger partial charge in [-0.2, -0.15) is 0 Å². The Hall–Kier alpha value is -1.31. The number of benzene rings is 2. The number of hydrogen-bond acceptors (Lipinski definition) is 1. The van der Waals surface area contributed by atoms with Crippen LogP contribution in [0.25, 0.3) is 11.1 Å². The van der Waals surface area contributed by atoms with Gasteiger partial charge in [0.1, 0.15) is 0 Å². The highest BCUT2D eigenvalue weighted by atomic mass is 35.5. The topological polar surface area (TPSA) is 26.0 Å². The molecule has 98 valence electrons. The lowest BCUT2D eigenvalue weighted by molar-refractivity contribution is 0.420. The predicted octanol–water partition coefficient (Wildman–Crippen LogP) is 4.73. The molecule has 1 nitrogen and oxygen atoms in total. The summed E-state index contributed by atoms with van der Waals surface area (Å²) in [4.78, 5) is 0. The van der Waals surface area contributed by atoms with Crippen molar-refractivity contribution in [2.24, 2.45) is 5.73 Å². The summed E-state index contributed by atoms with van der Waals surface area (Å²) in [5.41, 5.74) is 10.5. The van der Waals surface area contributed by atoms with Crippen molar-refractivity contribution in [2.75, 3.05) is 0 Å². The van der Waals surface area contributed by atoms with E-state index in [1.165, 1.54) is 30.4 Å². The quantitative estimate of drug-likeness (QED) is 0.858. The molecule has 0 heterocycles. The monoisotopic (exact) mass is 271 g/mol. The van der Waals surface area contributed by atoms with Gasteiger partial charge >= 0.3 is 0 Å². The molecule has 19 heavy (non-hydrogen) atoms. The number of halogens is 1. The van der Waals surface area contributed by atoms with Gasteiger partial charge in [0.15, 0.2) is 0 Å². The second-order valence-electron chi connectivity index (χ2n) is 5.27. The maximum Gasteiger partial charge on any atom is 0.0487 e. The standard InChI is InChI=1S/C17H18ClN/c18-17-9-12(11-19)7-8-16(17)15-6-2-5-14(10-15)13-3-1-4-13/h2,5-10,13H,1,3-4,11,19H2. The molecule has 1 saturated carbocycles. The van der Waals surface area contributed by atoms with Crippen LogP contribution in [-0.4, -0.2) is 0 Å². The summed E-state index contributed by atoms with van der Waals surface area (Å²) in [6.45, 7) is 0.530. The molecule has 0 spiro atoms. The first-order chi connectivity index (χ1) is 9.28. The molecule has 2 aromatic carbocycles. The first-order valence-corrected chi connectivity index (χ1v) is 7.24. The highest BCUT2D eigenvalue weighted by Crippen LogP contribution is 2.38. The highest BCUT2D eigenvalue weighted by Gasteiger charge is 2.19. The minimum Gasteiger partial charge on any atom is -0.326 e. The molecule has 2 heteroatoms. The van der Waals surface area contributed by atoms with Crippen LogP contribution in [0, 0.1) is 0 Å². The SMILES string of the molecule is NCc1ccc(-c2cccc(C3CCC3)c2)c(Cl)c1. The maximum absolute atomic E-state index is 6.37. The van der Waals surface area contributed by atoms with Crippen LogP contribution in [0.4, 0.5) is 0 Å². The minimum absolute atomic E-state index is 0.530. The van der Waals surface area contributed by atoms with Crippen LogP contribution in [0.1, 0.15) is 36.3 Å². The lowest BCUT2D eigenvalue weighted by atomic mass is 9.79. The van der Waals surface area contributed by atoms with Gasteiger partial charge in [0.25, 0.3) is 0 Å². The molecule has 0 bridgehead atoms. The summed E-state index contributed by atoms with van der Waals surface area (Å²) in [6, 6.07) is 14.9. The van der Waals surface area contributed by atoms with E-state index in [2.05, 4.69) is 36.4 Å². The van der Waals surface area contributed by atoms with Crippen molar-refractivity contribution < 1.29 is 0 Å². The first-order valence-electron chi connectivity index (χ1n) is 6.87. The van der Waals surface area contributed by atoms with Gasteiger partial charge in [-0.25, -0.2) is 0 Å². The Morgan fingerprint density at radius 1 is 1.11 bits per heavy atom. The largest absolute Gasteiger partial charge is 0.326 e. The van der Waals surface area contributed by atoms with E-state index in [-0.39, 0.29) is 0 Å². The van der Waals surface area contributed by atoms with Gasteiger partial charge < -0.3 is 5.73 Å². The van der Waals surface area contributed by atoms with E-state index in [0.717, 1.165) is 22.1 Å². The van der Waals surface area contributed by atoms with Crippen molar-refractivity contribution in [3.63, 3.8) is 0 Å². The molecule has 0 saturated heterocycles. The second-order valence-corrected chi connectivity index (χ2v) is 5.68. The molecular formula is C17H18ClN. The third-order valence-corrected chi connectivity index (χ3v) is 4.36. The lowest BCUT2D eigenvalue weighted by Gasteiger charge is -2.26. The molecule has 2 N–H and O–H groups in total. The molecule has 0 aromatic heterocycles. The highest BCUT2D eigenvalue weighted by molar-refractivity contribution is 6.33. The molecule has 1 aliphatic rings. The number of rotatable bonds is 3. The zero-order valence-corrected chi connectivity index (χ0v) is 11.7. The maximum atomic E-state index is 6.37. The predicted molar refractivity (Wildman–Crippen MR) is 81.4 cm³/mol. The van der Waals surface area contributed by atoms with E-state index in [1.807, 2.05) is 6.07 Å². The Balaban J connectivity index is 1.97. The normalized spacial score (nSPS) is 15.3. The average Bonchev–Trinajstić information content (AvgIpc) is 2.37. The van der Waals surface area contributed by atoms with Crippen LogP contribution in [0.15, 0.2) is 42.5 Å². The molecule has 1 fully saturated rings. The summed E-state index contributed by atoms with van der Waals surface area (Å²) in [7, 11) is 0. The van der Waals surface area contributed by atoms with Crippen molar-refractivity contribution in [3.05, 3.63) is 58.6 Å². The van der Waals surface area contributed by atoms with Crippen molar-refractivity contribution in [3.8, 4) is 11.1 Å². The van der Waals surface area contributed by atoms with Crippen LogP contribution < -0.4 is 5.73 Å². The van der Waals surface area contributed by atoms with E-state index in [0.29, 0.717) is 6.54 Å². The summed E-state index contributed by atoms with van der Waals surface area (Å²) in [6.07, 6.45) is 4.01.